The molecule has 0 bridgehead atoms. The molecule has 0 saturated heterocycles. The van der Waals surface area contributed by atoms with E-state index >= 15 is 0 Å². The minimum atomic E-state index is 0.0171. The van der Waals surface area contributed by atoms with Crippen LogP contribution in [0.1, 0.15) is 11.3 Å². The molecule has 3 nitrogen and oxygen atoms in total. The Bertz CT molecular complexity index is 517. The summed E-state index contributed by atoms with van der Waals surface area (Å²) in [5, 5.41) is 0. The molecule has 0 atom stereocenters. The van der Waals surface area contributed by atoms with E-state index in [1.807, 2.05) is 25.1 Å². The maximum atomic E-state index is 11.6. The molecular weight excluding hydrogens is 200 g/mol. The van der Waals surface area contributed by atoms with E-state index in [0.717, 1.165) is 12.1 Å². The van der Waals surface area contributed by atoms with Gasteiger partial charge in [0.25, 0.3) is 5.56 Å². The second kappa shape index (κ2) is 4.75. The minimum Gasteiger partial charge on any atom is -0.299 e. The lowest BCUT2D eigenvalue weighted by molar-refractivity contribution is 0.651. The molecule has 16 heavy (non-hydrogen) atoms. The van der Waals surface area contributed by atoms with Gasteiger partial charge in [-0.1, -0.05) is 30.3 Å². The van der Waals surface area contributed by atoms with Crippen LogP contribution in [0.3, 0.4) is 0 Å². The summed E-state index contributed by atoms with van der Waals surface area (Å²) in [6, 6.07) is 11.7. The third-order valence-corrected chi connectivity index (χ3v) is 2.50. The monoisotopic (exact) mass is 214 g/mol. The van der Waals surface area contributed by atoms with Crippen LogP contribution in [0, 0.1) is 6.92 Å². The first-order chi connectivity index (χ1) is 7.75. The second-order valence-electron chi connectivity index (χ2n) is 3.80. The average Bonchev–Trinajstić information content (AvgIpc) is 2.29. The molecule has 0 saturated carbocycles. The highest BCUT2D eigenvalue weighted by Crippen LogP contribution is 2.00. The first-order valence-electron chi connectivity index (χ1n) is 5.33. The lowest BCUT2D eigenvalue weighted by Crippen LogP contribution is -2.20. The fourth-order valence-corrected chi connectivity index (χ4v) is 1.58. The highest BCUT2D eigenvalue weighted by molar-refractivity contribution is 5.14. The first kappa shape index (κ1) is 10.6. The van der Waals surface area contributed by atoms with Gasteiger partial charge in [0, 0.05) is 18.3 Å². The molecule has 0 aliphatic heterocycles. The van der Waals surface area contributed by atoms with Crippen molar-refractivity contribution in [3.05, 3.63) is 64.3 Å². The van der Waals surface area contributed by atoms with Crippen LogP contribution < -0.4 is 5.56 Å². The summed E-state index contributed by atoms with van der Waals surface area (Å²) in [6.45, 7) is 2.50. The minimum absolute atomic E-state index is 0.0171. The van der Waals surface area contributed by atoms with Crippen LogP contribution in [0.15, 0.2) is 47.5 Å². The van der Waals surface area contributed by atoms with E-state index in [-0.39, 0.29) is 5.56 Å². The fraction of sp³-hybridized carbons (Fsp3) is 0.231. The summed E-state index contributed by atoms with van der Waals surface area (Å²) in [7, 11) is 0. The van der Waals surface area contributed by atoms with Crippen molar-refractivity contribution in [2.24, 2.45) is 0 Å². The fourth-order valence-electron chi connectivity index (χ4n) is 1.58. The van der Waals surface area contributed by atoms with Crippen LogP contribution in [0.5, 0.6) is 0 Å². The van der Waals surface area contributed by atoms with Gasteiger partial charge in [-0.2, -0.15) is 0 Å². The molecule has 0 aliphatic rings. The maximum Gasteiger partial charge on any atom is 0.253 e. The molecule has 1 aromatic heterocycles. The standard InChI is InChI=1S/C13H14N2O/c1-11-9-13(16)15(10-14-11)8-7-12-5-3-2-4-6-12/h2-6,9-10H,7-8H2,1H3. The number of hydrogen-bond donors (Lipinski definition) is 0. The SMILES string of the molecule is Cc1cc(=O)n(CCc2ccccc2)cn1. The molecule has 2 rings (SSSR count). The molecular formula is C13H14N2O. The van der Waals surface area contributed by atoms with E-state index in [1.165, 1.54) is 5.56 Å². The summed E-state index contributed by atoms with van der Waals surface area (Å²) >= 11 is 0. The van der Waals surface area contributed by atoms with Gasteiger partial charge < -0.3 is 0 Å². The van der Waals surface area contributed by atoms with Crippen molar-refractivity contribution in [1.82, 2.24) is 9.55 Å². The van der Waals surface area contributed by atoms with Crippen molar-refractivity contribution in [3.63, 3.8) is 0 Å². The predicted octanol–water partition coefficient (Wildman–Crippen LogP) is 1.79. The van der Waals surface area contributed by atoms with Gasteiger partial charge >= 0.3 is 0 Å². The molecule has 0 amide bonds. The Morgan fingerprint density at radius 1 is 1.25 bits per heavy atom. The molecule has 2 aromatic rings. The van der Waals surface area contributed by atoms with Crippen LogP contribution in [-0.4, -0.2) is 9.55 Å². The van der Waals surface area contributed by atoms with Crippen molar-refractivity contribution in [2.75, 3.05) is 0 Å². The van der Waals surface area contributed by atoms with Gasteiger partial charge in [-0.25, -0.2) is 4.98 Å². The summed E-state index contributed by atoms with van der Waals surface area (Å²) in [5.41, 5.74) is 2.01. The molecule has 3 heteroatoms. The van der Waals surface area contributed by atoms with Gasteiger partial charge in [-0.05, 0) is 18.9 Å². The zero-order valence-electron chi connectivity index (χ0n) is 9.26. The Morgan fingerprint density at radius 2 is 2.00 bits per heavy atom. The van der Waals surface area contributed by atoms with Crippen molar-refractivity contribution < 1.29 is 0 Å². The molecule has 0 fully saturated rings. The number of aryl methyl sites for hydroxylation is 3. The summed E-state index contributed by atoms with van der Waals surface area (Å²) in [4.78, 5) is 15.7. The molecule has 0 spiro atoms. The molecule has 1 aromatic carbocycles. The quantitative estimate of drug-likeness (QED) is 0.780. The number of rotatable bonds is 3. The average molecular weight is 214 g/mol. The van der Waals surface area contributed by atoms with Crippen LogP contribution in [-0.2, 0) is 13.0 Å². The smallest absolute Gasteiger partial charge is 0.253 e. The summed E-state index contributed by atoms with van der Waals surface area (Å²) < 4.78 is 1.64. The van der Waals surface area contributed by atoms with E-state index in [9.17, 15) is 4.79 Å². The summed E-state index contributed by atoms with van der Waals surface area (Å²) in [6.07, 6.45) is 2.46. The predicted molar refractivity (Wildman–Crippen MR) is 63.4 cm³/mol. The van der Waals surface area contributed by atoms with Gasteiger partial charge in [0.15, 0.2) is 0 Å². The highest BCUT2D eigenvalue weighted by Gasteiger charge is 1.97. The van der Waals surface area contributed by atoms with E-state index < -0.39 is 0 Å². The number of nitrogens with zero attached hydrogens (tertiary/aromatic N) is 2. The Morgan fingerprint density at radius 3 is 2.69 bits per heavy atom. The van der Waals surface area contributed by atoms with Gasteiger partial charge in [0.2, 0.25) is 0 Å². The molecule has 0 radical (unpaired) electrons. The van der Waals surface area contributed by atoms with E-state index in [1.54, 1.807) is 17.0 Å². The van der Waals surface area contributed by atoms with Gasteiger partial charge in [0.1, 0.15) is 0 Å². The highest BCUT2D eigenvalue weighted by atomic mass is 16.1. The third kappa shape index (κ3) is 2.57. The zero-order valence-corrected chi connectivity index (χ0v) is 9.26. The topological polar surface area (TPSA) is 34.9 Å². The molecule has 0 aliphatic carbocycles. The second-order valence-corrected chi connectivity index (χ2v) is 3.80. The van der Waals surface area contributed by atoms with Crippen molar-refractivity contribution >= 4 is 0 Å². The Kier molecular flexibility index (Phi) is 3.15. The summed E-state index contributed by atoms with van der Waals surface area (Å²) in [5.74, 6) is 0. The van der Waals surface area contributed by atoms with Gasteiger partial charge in [-0.3, -0.25) is 9.36 Å². The largest absolute Gasteiger partial charge is 0.299 e. The van der Waals surface area contributed by atoms with Crippen molar-refractivity contribution in [2.45, 2.75) is 19.9 Å². The van der Waals surface area contributed by atoms with Gasteiger partial charge in [-0.15, -0.1) is 0 Å². The molecule has 0 unspecified atom stereocenters. The Balaban J connectivity index is 2.08. The van der Waals surface area contributed by atoms with E-state index in [0.29, 0.717) is 6.54 Å². The Hall–Kier alpha value is -1.90. The van der Waals surface area contributed by atoms with Crippen LogP contribution in [0.2, 0.25) is 0 Å². The zero-order chi connectivity index (χ0) is 11.4. The Labute approximate surface area is 94.4 Å². The number of benzene rings is 1. The molecule has 82 valence electrons. The van der Waals surface area contributed by atoms with Gasteiger partial charge in [0.05, 0.1) is 6.33 Å². The van der Waals surface area contributed by atoms with E-state index in [2.05, 4.69) is 17.1 Å². The third-order valence-electron chi connectivity index (χ3n) is 2.50. The van der Waals surface area contributed by atoms with Crippen LogP contribution in [0.4, 0.5) is 0 Å². The number of aromatic nitrogens is 2. The first-order valence-corrected chi connectivity index (χ1v) is 5.33. The lowest BCUT2D eigenvalue weighted by Gasteiger charge is -2.04. The number of hydrogen-bond acceptors (Lipinski definition) is 2. The van der Waals surface area contributed by atoms with Crippen molar-refractivity contribution in [1.29, 1.82) is 0 Å². The van der Waals surface area contributed by atoms with Crippen molar-refractivity contribution in [3.8, 4) is 0 Å². The maximum absolute atomic E-state index is 11.6. The van der Waals surface area contributed by atoms with E-state index in [4.69, 9.17) is 0 Å². The van der Waals surface area contributed by atoms with Crippen LogP contribution in [0.25, 0.3) is 0 Å². The normalized spacial score (nSPS) is 10.3. The lowest BCUT2D eigenvalue weighted by atomic mass is 10.1. The van der Waals surface area contributed by atoms with Crippen LogP contribution >= 0.6 is 0 Å². The molecule has 1 heterocycles. The molecule has 0 N–H and O–H groups in total.